The average molecular weight is 427 g/mol. The summed E-state index contributed by atoms with van der Waals surface area (Å²) in [5.74, 6) is 1.82. The Morgan fingerprint density at radius 2 is 1.88 bits per heavy atom. The van der Waals surface area contributed by atoms with Gasteiger partial charge in [-0.1, -0.05) is 36.4 Å². The Morgan fingerprint density at radius 3 is 2.72 bits per heavy atom. The molecule has 0 unspecified atom stereocenters. The predicted molar refractivity (Wildman–Crippen MR) is 119 cm³/mol. The van der Waals surface area contributed by atoms with E-state index in [2.05, 4.69) is 5.32 Å². The van der Waals surface area contributed by atoms with Crippen molar-refractivity contribution in [1.82, 2.24) is 5.01 Å². The summed E-state index contributed by atoms with van der Waals surface area (Å²) in [6, 6.07) is 21.0. The van der Waals surface area contributed by atoms with Gasteiger partial charge in [-0.2, -0.15) is 5.10 Å². The number of hydrazone groups is 1. The normalized spacial score (nSPS) is 22.4. The van der Waals surface area contributed by atoms with Crippen LogP contribution in [-0.2, 0) is 10.5 Å². The molecule has 2 atom stereocenters. The van der Waals surface area contributed by atoms with Gasteiger partial charge in [0.25, 0.3) is 5.91 Å². The molecule has 0 aromatic heterocycles. The van der Waals surface area contributed by atoms with Gasteiger partial charge in [-0.05, 0) is 24.3 Å². The highest BCUT2D eigenvalue weighted by Crippen LogP contribution is 2.54. The standard InChI is InChI=1S/C25H21N3O4/c1-30-15-11-12-16(23(13-15)31-2)20-14-21-17-7-3-6-10-22(17)32-25(28(21)27-20)18-8-4-5-9-19(18)26-24(25)29/h3-13,21H,14H2,1-2H3,(H,26,29)/t21-,25+/m0/s1. The molecule has 3 aliphatic rings. The molecule has 1 spiro atoms. The lowest BCUT2D eigenvalue weighted by atomic mass is 9.92. The first-order valence-corrected chi connectivity index (χ1v) is 10.4. The maximum Gasteiger partial charge on any atom is 0.306 e. The second-order valence-corrected chi connectivity index (χ2v) is 7.96. The number of carbonyl (C=O) groups excluding carboxylic acids is 1. The molecule has 7 nitrogen and oxygen atoms in total. The van der Waals surface area contributed by atoms with Crippen molar-refractivity contribution < 1.29 is 19.0 Å². The number of benzene rings is 3. The van der Waals surface area contributed by atoms with E-state index in [1.165, 1.54) is 0 Å². The van der Waals surface area contributed by atoms with Crippen LogP contribution in [0, 0.1) is 0 Å². The van der Waals surface area contributed by atoms with Crippen LogP contribution in [0.15, 0.2) is 71.8 Å². The number of methoxy groups -OCH3 is 2. The van der Waals surface area contributed by atoms with E-state index in [0.717, 1.165) is 28.1 Å². The first-order chi connectivity index (χ1) is 15.7. The van der Waals surface area contributed by atoms with Gasteiger partial charge < -0.3 is 19.5 Å². The number of hydrogen-bond acceptors (Lipinski definition) is 6. The zero-order chi connectivity index (χ0) is 21.9. The van der Waals surface area contributed by atoms with Crippen LogP contribution in [0.1, 0.15) is 29.2 Å². The maximum absolute atomic E-state index is 13.4. The number of ether oxygens (including phenoxy) is 3. The smallest absolute Gasteiger partial charge is 0.306 e. The zero-order valence-electron chi connectivity index (χ0n) is 17.7. The molecule has 0 saturated carbocycles. The summed E-state index contributed by atoms with van der Waals surface area (Å²) in [6.45, 7) is 0. The molecule has 0 bridgehead atoms. The summed E-state index contributed by atoms with van der Waals surface area (Å²) in [5, 5.41) is 9.76. The largest absolute Gasteiger partial charge is 0.497 e. The van der Waals surface area contributed by atoms with Gasteiger partial charge in [0.05, 0.1) is 37.2 Å². The van der Waals surface area contributed by atoms with Gasteiger partial charge in [0, 0.05) is 23.6 Å². The molecule has 3 aromatic rings. The SMILES string of the molecule is COc1ccc(C2=NN3[C@@H](C2)c2ccccc2O[C@]32C(=O)Nc3ccccc32)c(OC)c1. The second-order valence-electron chi connectivity index (χ2n) is 7.96. The Morgan fingerprint density at radius 1 is 1.06 bits per heavy atom. The van der Waals surface area contributed by atoms with E-state index in [1.54, 1.807) is 14.2 Å². The first-order valence-electron chi connectivity index (χ1n) is 10.4. The first kappa shape index (κ1) is 18.7. The average Bonchev–Trinajstić information content (AvgIpc) is 3.40. The molecule has 1 N–H and O–H groups in total. The quantitative estimate of drug-likeness (QED) is 0.683. The van der Waals surface area contributed by atoms with Crippen molar-refractivity contribution in [3.05, 3.63) is 83.4 Å². The van der Waals surface area contributed by atoms with Gasteiger partial charge in [0.1, 0.15) is 17.2 Å². The number of nitrogens with zero attached hydrogens (tertiary/aromatic N) is 2. The van der Waals surface area contributed by atoms with Gasteiger partial charge >= 0.3 is 5.72 Å². The van der Waals surface area contributed by atoms with E-state index in [1.807, 2.05) is 71.7 Å². The summed E-state index contributed by atoms with van der Waals surface area (Å²) in [4.78, 5) is 13.4. The highest BCUT2D eigenvalue weighted by atomic mass is 16.5. The summed E-state index contributed by atoms with van der Waals surface area (Å²) in [6.07, 6.45) is 0.611. The van der Waals surface area contributed by atoms with E-state index < -0.39 is 5.72 Å². The number of hydrogen-bond donors (Lipinski definition) is 1. The van der Waals surface area contributed by atoms with Crippen molar-refractivity contribution in [2.24, 2.45) is 5.10 Å². The molecule has 6 rings (SSSR count). The van der Waals surface area contributed by atoms with Crippen molar-refractivity contribution in [2.75, 3.05) is 19.5 Å². The fourth-order valence-corrected chi connectivity index (χ4v) is 4.84. The summed E-state index contributed by atoms with van der Waals surface area (Å²) in [7, 11) is 3.25. The number of rotatable bonds is 3. The fraction of sp³-hybridized carbons (Fsp3) is 0.200. The highest BCUT2D eigenvalue weighted by Gasteiger charge is 2.60. The molecule has 1 amide bonds. The minimum absolute atomic E-state index is 0.154. The van der Waals surface area contributed by atoms with Crippen LogP contribution in [0.25, 0.3) is 0 Å². The Hall–Kier alpha value is -4.00. The Bertz CT molecular complexity index is 1290. The third-order valence-corrected chi connectivity index (χ3v) is 6.34. The lowest BCUT2D eigenvalue weighted by molar-refractivity contribution is -0.161. The number of fused-ring (bicyclic) bond motifs is 6. The van der Waals surface area contributed by atoms with Crippen molar-refractivity contribution in [3.8, 4) is 17.2 Å². The Balaban J connectivity index is 1.55. The highest BCUT2D eigenvalue weighted by molar-refractivity contribution is 6.07. The van der Waals surface area contributed by atoms with Crippen molar-refractivity contribution in [2.45, 2.75) is 18.2 Å². The second kappa shape index (κ2) is 6.75. The van der Waals surface area contributed by atoms with E-state index in [0.29, 0.717) is 23.7 Å². The molecule has 0 fully saturated rings. The van der Waals surface area contributed by atoms with Gasteiger partial charge in [-0.3, -0.25) is 4.79 Å². The summed E-state index contributed by atoms with van der Waals surface area (Å²) >= 11 is 0. The van der Waals surface area contributed by atoms with Gasteiger partial charge in [0.15, 0.2) is 0 Å². The Labute approximate surface area is 185 Å². The number of anilines is 1. The maximum atomic E-state index is 13.4. The van der Waals surface area contributed by atoms with Crippen LogP contribution in [0.4, 0.5) is 5.69 Å². The van der Waals surface area contributed by atoms with E-state index in [9.17, 15) is 4.79 Å². The molecule has 0 radical (unpaired) electrons. The van der Waals surface area contributed by atoms with Crippen LogP contribution in [0.5, 0.6) is 17.2 Å². The van der Waals surface area contributed by atoms with Gasteiger partial charge in [-0.15, -0.1) is 0 Å². The molecule has 3 heterocycles. The van der Waals surface area contributed by atoms with Crippen molar-refractivity contribution in [3.63, 3.8) is 0 Å². The van der Waals surface area contributed by atoms with E-state index in [-0.39, 0.29) is 11.9 Å². The van der Waals surface area contributed by atoms with Crippen LogP contribution in [0.2, 0.25) is 0 Å². The third-order valence-electron chi connectivity index (χ3n) is 6.34. The van der Waals surface area contributed by atoms with Gasteiger partial charge in [-0.25, -0.2) is 5.01 Å². The molecule has 3 aliphatic heterocycles. The van der Waals surface area contributed by atoms with Crippen LogP contribution < -0.4 is 19.5 Å². The number of nitrogens with one attached hydrogen (secondary N) is 1. The van der Waals surface area contributed by atoms with Crippen LogP contribution in [0.3, 0.4) is 0 Å². The van der Waals surface area contributed by atoms with Crippen LogP contribution >= 0.6 is 0 Å². The minimum Gasteiger partial charge on any atom is -0.497 e. The molecule has 0 saturated heterocycles. The van der Waals surface area contributed by atoms with Crippen LogP contribution in [-0.4, -0.2) is 30.8 Å². The zero-order valence-corrected chi connectivity index (χ0v) is 17.7. The topological polar surface area (TPSA) is 72.4 Å². The predicted octanol–water partition coefficient (Wildman–Crippen LogP) is 4.05. The molecule has 0 aliphatic carbocycles. The van der Waals surface area contributed by atoms with Crippen molar-refractivity contribution in [1.29, 1.82) is 0 Å². The molecule has 32 heavy (non-hydrogen) atoms. The number of carbonyl (C=O) groups is 1. The molecule has 7 heteroatoms. The molecular formula is C25H21N3O4. The number of para-hydroxylation sites is 2. The number of amides is 1. The third kappa shape index (κ3) is 2.42. The van der Waals surface area contributed by atoms with Gasteiger partial charge in [0.2, 0.25) is 0 Å². The summed E-state index contributed by atoms with van der Waals surface area (Å²) < 4.78 is 17.4. The summed E-state index contributed by atoms with van der Waals surface area (Å²) in [5.41, 5.74) is 2.82. The monoisotopic (exact) mass is 427 g/mol. The fourth-order valence-electron chi connectivity index (χ4n) is 4.84. The minimum atomic E-state index is -1.36. The molecule has 160 valence electrons. The van der Waals surface area contributed by atoms with E-state index >= 15 is 0 Å². The molecule has 3 aromatic carbocycles. The lowest BCUT2D eigenvalue weighted by Gasteiger charge is -2.43. The van der Waals surface area contributed by atoms with E-state index in [4.69, 9.17) is 19.3 Å². The molecular weight excluding hydrogens is 406 g/mol. The Kier molecular flexibility index (Phi) is 3.95. The lowest BCUT2D eigenvalue weighted by Crippen LogP contribution is -2.55. The van der Waals surface area contributed by atoms with Crippen molar-refractivity contribution >= 4 is 17.3 Å².